The maximum Gasteiger partial charge on any atom is 0.326 e. The van der Waals surface area contributed by atoms with Gasteiger partial charge in [-0.1, -0.05) is 60.7 Å². The van der Waals surface area contributed by atoms with Gasteiger partial charge in [0.15, 0.2) is 11.6 Å². The number of benzene rings is 3. The molecule has 2 aliphatic heterocycles. The van der Waals surface area contributed by atoms with Crippen molar-refractivity contribution in [1.29, 1.82) is 0 Å². The highest BCUT2D eigenvalue weighted by molar-refractivity contribution is 5.95. The van der Waals surface area contributed by atoms with Crippen LogP contribution < -0.4 is 10.6 Å². The van der Waals surface area contributed by atoms with Gasteiger partial charge in [0.05, 0.1) is 12.6 Å². The van der Waals surface area contributed by atoms with Gasteiger partial charge in [-0.15, -0.1) is 0 Å². The molecule has 0 bridgehead atoms. The van der Waals surface area contributed by atoms with Crippen LogP contribution in [0.2, 0.25) is 0 Å². The number of halogens is 2. The number of carbonyl (C=O) groups is 2. The van der Waals surface area contributed by atoms with Crippen molar-refractivity contribution in [2.45, 2.75) is 43.9 Å². The zero-order chi connectivity index (χ0) is 28.8. The Hall–Kier alpha value is -3.82. The number of hydrogen-bond donors (Lipinski definition) is 2. The van der Waals surface area contributed by atoms with Crippen molar-refractivity contribution in [1.82, 2.24) is 20.4 Å². The van der Waals surface area contributed by atoms with E-state index in [0.717, 1.165) is 48.5 Å². The number of nitrogens with zero attached hydrogens (tertiary/aromatic N) is 2. The summed E-state index contributed by atoms with van der Waals surface area (Å²) in [5.74, 6) is -1.52. The fraction of sp³-hybridized carbons (Fsp3) is 0.375. The van der Waals surface area contributed by atoms with Crippen LogP contribution in [-0.4, -0.2) is 55.2 Å². The maximum absolute atomic E-state index is 13.8. The first-order chi connectivity index (χ1) is 19.9. The van der Waals surface area contributed by atoms with Crippen LogP contribution >= 0.6 is 0 Å². The summed E-state index contributed by atoms with van der Waals surface area (Å²) in [5, 5.41) is 5.47. The molecule has 9 heteroatoms. The van der Waals surface area contributed by atoms with Crippen molar-refractivity contribution in [2.24, 2.45) is 0 Å². The highest BCUT2D eigenvalue weighted by atomic mass is 19.2. The molecular formula is C32H36F2N4O3. The van der Waals surface area contributed by atoms with Gasteiger partial charge in [-0.2, -0.15) is 0 Å². The van der Waals surface area contributed by atoms with Crippen LogP contribution in [0.1, 0.15) is 59.5 Å². The number of ether oxygens (including phenoxy) is 1. The third-order valence-corrected chi connectivity index (χ3v) is 8.08. The normalized spacial score (nSPS) is 21.1. The summed E-state index contributed by atoms with van der Waals surface area (Å²) >= 11 is 0. The molecule has 2 aliphatic rings. The standard InChI is InChI=1S/C32H36F2N4O3/c1-41-21-22-8-10-24(11-9-22)29-19-25(23-6-3-2-4-7-23)14-17-37(29)16-5-15-35-31(39)38-30(20-36-32(38)40)26-12-13-27(33)28(34)18-26/h2-4,6-13,18,25,29-30H,5,14-17,19-21H2,1H3,(H,35,39)(H,36,40). The average molecular weight is 563 g/mol. The molecule has 2 saturated heterocycles. The molecule has 2 N–H and O–H groups in total. The highest BCUT2D eigenvalue weighted by Gasteiger charge is 2.37. The monoisotopic (exact) mass is 562 g/mol. The number of nitrogens with one attached hydrogen (secondary N) is 2. The lowest BCUT2D eigenvalue weighted by Crippen LogP contribution is -2.44. The van der Waals surface area contributed by atoms with Gasteiger partial charge in [-0.25, -0.2) is 23.3 Å². The lowest BCUT2D eigenvalue weighted by atomic mass is 9.82. The van der Waals surface area contributed by atoms with Crippen LogP contribution in [0.15, 0.2) is 72.8 Å². The minimum atomic E-state index is -1.01. The first kappa shape index (κ1) is 28.7. The van der Waals surface area contributed by atoms with Gasteiger partial charge < -0.3 is 15.4 Å². The van der Waals surface area contributed by atoms with Crippen LogP contribution in [0.25, 0.3) is 0 Å². The van der Waals surface area contributed by atoms with Crippen LogP contribution in [-0.2, 0) is 11.3 Å². The predicted octanol–water partition coefficient (Wildman–Crippen LogP) is 5.90. The molecule has 41 heavy (non-hydrogen) atoms. The van der Waals surface area contributed by atoms with Gasteiger partial charge >= 0.3 is 12.1 Å². The van der Waals surface area contributed by atoms with Crippen molar-refractivity contribution >= 4 is 12.1 Å². The predicted molar refractivity (Wildman–Crippen MR) is 152 cm³/mol. The Bertz CT molecular complexity index is 1340. The first-order valence-corrected chi connectivity index (χ1v) is 14.1. The van der Waals surface area contributed by atoms with Crippen LogP contribution in [0.4, 0.5) is 18.4 Å². The molecular weight excluding hydrogens is 526 g/mol. The molecule has 4 amide bonds. The minimum Gasteiger partial charge on any atom is -0.380 e. The Morgan fingerprint density at radius 3 is 2.46 bits per heavy atom. The van der Waals surface area contributed by atoms with E-state index in [1.54, 1.807) is 7.11 Å². The summed E-state index contributed by atoms with van der Waals surface area (Å²) in [7, 11) is 1.69. The van der Waals surface area contributed by atoms with E-state index in [0.29, 0.717) is 31.1 Å². The second-order valence-electron chi connectivity index (χ2n) is 10.7. The Morgan fingerprint density at radius 1 is 0.976 bits per heavy atom. The van der Waals surface area contributed by atoms with Crippen molar-refractivity contribution in [3.05, 3.63) is 107 Å². The Balaban J connectivity index is 1.21. The molecule has 3 aromatic carbocycles. The number of imide groups is 1. The first-order valence-electron chi connectivity index (χ1n) is 14.1. The summed E-state index contributed by atoms with van der Waals surface area (Å²) in [5.41, 5.74) is 4.11. The molecule has 0 spiro atoms. The third-order valence-electron chi connectivity index (χ3n) is 8.08. The van der Waals surface area contributed by atoms with E-state index in [4.69, 9.17) is 4.74 Å². The van der Waals surface area contributed by atoms with Crippen LogP contribution in [0.3, 0.4) is 0 Å². The summed E-state index contributed by atoms with van der Waals surface area (Å²) < 4.78 is 32.5. The molecule has 3 unspecified atom stereocenters. The van der Waals surface area contributed by atoms with E-state index in [1.807, 2.05) is 6.07 Å². The Labute approximate surface area is 239 Å². The molecule has 7 nitrogen and oxygen atoms in total. The SMILES string of the molecule is COCc1ccc(C2CC(c3ccccc3)CCN2CCCNC(=O)N2C(=O)NCC2c2ccc(F)c(F)c2)cc1. The highest BCUT2D eigenvalue weighted by Crippen LogP contribution is 2.39. The molecule has 5 rings (SSSR count). The largest absolute Gasteiger partial charge is 0.380 e. The number of hydrogen-bond acceptors (Lipinski definition) is 4. The average Bonchev–Trinajstić information content (AvgIpc) is 3.39. The smallest absolute Gasteiger partial charge is 0.326 e. The topological polar surface area (TPSA) is 73.9 Å². The zero-order valence-corrected chi connectivity index (χ0v) is 23.2. The van der Waals surface area contributed by atoms with Gasteiger partial charge in [0.2, 0.25) is 0 Å². The van der Waals surface area contributed by atoms with Gasteiger partial charge in [0.25, 0.3) is 0 Å². The summed E-state index contributed by atoms with van der Waals surface area (Å²) in [6.07, 6.45) is 2.76. The van der Waals surface area contributed by atoms with E-state index in [2.05, 4.69) is 64.1 Å². The lowest BCUT2D eigenvalue weighted by molar-refractivity contribution is 0.132. The van der Waals surface area contributed by atoms with Gasteiger partial charge in [0, 0.05) is 32.8 Å². The number of piperidine rings is 1. The van der Waals surface area contributed by atoms with Crippen molar-refractivity contribution < 1.29 is 23.1 Å². The molecule has 3 atom stereocenters. The number of amides is 4. The molecule has 0 saturated carbocycles. The Kier molecular flexibility index (Phi) is 9.26. The minimum absolute atomic E-state index is 0.137. The van der Waals surface area contributed by atoms with Crippen LogP contribution in [0, 0.1) is 11.6 Å². The Morgan fingerprint density at radius 2 is 1.73 bits per heavy atom. The molecule has 0 aromatic heterocycles. The molecule has 216 valence electrons. The second-order valence-corrected chi connectivity index (χ2v) is 10.7. The number of likely N-dealkylation sites (tertiary alicyclic amines) is 1. The molecule has 3 aromatic rings. The van der Waals surface area contributed by atoms with Crippen molar-refractivity contribution in [2.75, 3.05) is 33.3 Å². The molecule has 2 heterocycles. The van der Waals surface area contributed by atoms with E-state index in [-0.39, 0.29) is 12.6 Å². The lowest BCUT2D eigenvalue weighted by Gasteiger charge is -2.40. The van der Waals surface area contributed by atoms with Gasteiger partial charge in [0.1, 0.15) is 0 Å². The number of urea groups is 2. The quantitative estimate of drug-likeness (QED) is 0.319. The second kappa shape index (κ2) is 13.2. The van der Waals surface area contributed by atoms with Crippen molar-refractivity contribution in [3.63, 3.8) is 0 Å². The van der Waals surface area contributed by atoms with E-state index >= 15 is 0 Å². The van der Waals surface area contributed by atoms with Crippen molar-refractivity contribution in [3.8, 4) is 0 Å². The molecule has 0 radical (unpaired) electrons. The molecule has 2 fully saturated rings. The molecule has 0 aliphatic carbocycles. The van der Waals surface area contributed by atoms with Gasteiger partial charge in [-0.3, -0.25) is 4.90 Å². The summed E-state index contributed by atoms with van der Waals surface area (Å²) in [6.45, 7) is 2.81. The van der Waals surface area contributed by atoms with Gasteiger partial charge in [-0.05, 0) is 66.1 Å². The number of carbonyl (C=O) groups excluding carboxylic acids is 2. The fourth-order valence-corrected chi connectivity index (χ4v) is 5.94. The van der Waals surface area contributed by atoms with Crippen LogP contribution in [0.5, 0.6) is 0 Å². The summed E-state index contributed by atoms with van der Waals surface area (Å²) in [6, 6.07) is 21.1. The fourth-order valence-electron chi connectivity index (χ4n) is 5.94. The van der Waals surface area contributed by atoms with E-state index in [1.165, 1.54) is 17.2 Å². The zero-order valence-electron chi connectivity index (χ0n) is 23.2. The number of rotatable bonds is 9. The maximum atomic E-state index is 13.8. The summed E-state index contributed by atoms with van der Waals surface area (Å²) in [4.78, 5) is 28.9. The number of methoxy groups -OCH3 is 1. The third kappa shape index (κ3) is 6.74. The van der Waals surface area contributed by atoms with E-state index < -0.39 is 29.7 Å². The van der Waals surface area contributed by atoms with E-state index in [9.17, 15) is 18.4 Å².